The maximum atomic E-state index is 5.55. The van der Waals surface area contributed by atoms with Crippen molar-refractivity contribution in [1.82, 2.24) is 9.78 Å². The Bertz CT molecular complexity index is 989. The first-order valence-electron chi connectivity index (χ1n) is 8.91. The second kappa shape index (κ2) is 7.31. The third kappa shape index (κ3) is 3.72. The summed E-state index contributed by atoms with van der Waals surface area (Å²) in [5, 5.41) is 8.96. The van der Waals surface area contributed by atoms with E-state index in [-0.39, 0.29) is 0 Å². The molecule has 0 spiro atoms. The number of benzene rings is 2. The van der Waals surface area contributed by atoms with Crippen LogP contribution in [0.5, 0.6) is 0 Å². The van der Waals surface area contributed by atoms with Gasteiger partial charge < -0.3 is 10.2 Å². The molecule has 4 nitrogen and oxygen atoms in total. The minimum atomic E-state index is 0.818. The fraction of sp³-hybridized carbons (Fsp3) is 0.300. The van der Waals surface area contributed by atoms with Gasteiger partial charge in [0.15, 0.2) is 10.6 Å². The molecule has 1 aliphatic rings. The topological polar surface area (TPSA) is 34.3 Å². The van der Waals surface area contributed by atoms with E-state index in [0.717, 1.165) is 41.0 Å². The van der Waals surface area contributed by atoms with Gasteiger partial charge in [-0.25, -0.2) is 0 Å². The first-order chi connectivity index (χ1) is 12.6. The highest BCUT2D eigenvalue weighted by Crippen LogP contribution is 2.22. The van der Waals surface area contributed by atoms with Gasteiger partial charge in [-0.15, -0.1) is 5.10 Å². The van der Waals surface area contributed by atoms with Gasteiger partial charge in [-0.2, -0.15) is 4.68 Å². The van der Waals surface area contributed by atoms with Gasteiger partial charge in [0.2, 0.25) is 5.13 Å². The zero-order valence-corrected chi connectivity index (χ0v) is 16.7. The Morgan fingerprint density at radius 2 is 1.96 bits per heavy atom. The van der Waals surface area contributed by atoms with Crippen molar-refractivity contribution in [2.45, 2.75) is 33.5 Å². The number of nitrogens with one attached hydrogen (secondary N) is 2. The smallest absolute Gasteiger partial charge is 0.209 e. The monoisotopic (exact) mass is 383 g/mol. The number of aryl methyl sites for hydroxylation is 2. The molecule has 2 heterocycles. The molecule has 0 bridgehead atoms. The van der Waals surface area contributed by atoms with E-state index < -0.39 is 0 Å². The van der Waals surface area contributed by atoms with Gasteiger partial charge in [-0.3, -0.25) is 0 Å². The second-order valence-corrected chi connectivity index (χ2v) is 8.57. The Balaban J connectivity index is 1.47. The largest absolute Gasteiger partial charge is 0.330 e. The van der Waals surface area contributed by atoms with Crippen LogP contribution in [0.3, 0.4) is 0 Å². The van der Waals surface area contributed by atoms with Crippen molar-refractivity contribution in [2.75, 3.05) is 11.9 Å². The normalized spacial score (nSPS) is 16.3. The fourth-order valence-corrected chi connectivity index (χ4v) is 4.42. The van der Waals surface area contributed by atoms with Crippen LogP contribution in [0.25, 0.3) is 0 Å². The molecule has 2 aromatic carbocycles. The summed E-state index contributed by atoms with van der Waals surface area (Å²) in [6, 6.07) is 15.1. The van der Waals surface area contributed by atoms with E-state index in [1.54, 1.807) is 0 Å². The standard InChI is InChI=1S/C20H22N4S2/c1-14-7-8-18(11-15(14)2)21-19-22-24(20(25)26-19)13-23-10-9-16-5-3-4-6-17(16)12-23/h3-8,11H,9-10,12-13H2,1-2H3,(H,21,22)/p+1. The maximum absolute atomic E-state index is 5.55. The molecular weight excluding hydrogens is 360 g/mol. The van der Waals surface area contributed by atoms with E-state index in [0.29, 0.717) is 0 Å². The molecule has 134 valence electrons. The molecule has 3 aromatic rings. The van der Waals surface area contributed by atoms with E-state index in [1.807, 2.05) is 4.68 Å². The van der Waals surface area contributed by atoms with Gasteiger partial charge in [0, 0.05) is 17.7 Å². The highest BCUT2D eigenvalue weighted by Gasteiger charge is 2.20. The summed E-state index contributed by atoms with van der Waals surface area (Å²) in [5.74, 6) is 0. The summed E-state index contributed by atoms with van der Waals surface area (Å²) in [6.07, 6.45) is 1.12. The molecule has 4 rings (SSSR count). The average Bonchev–Trinajstić information content (AvgIpc) is 2.97. The number of hydrogen-bond donors (Lipinski definition) is 2. The molecule has 1 aromatic heterocycles. The van der Waals surface area contributed by atoms with Gasteiger partial charge in [-0.1, -0.05) is 41.7 Å². The Hall–Kier alpha value is -2.02. The second-order valence-electron chi connectivity index (χ2n) is 6.95. The summed E-state index contributed by atoms with van der Waals surface area (Å²) in [6.45, 7) is 7.22. The first-order valence-corrected chi connectivity index (χ1v) is 10.1. The van der Waals surface area contributed by atoms with Crippen LogP contribution < -0.4 is 10.2 Å². The third-order valence-corrected chi connectivity index (χ3v) is 6.27. The zero-order valence-electron chi connectivity index (χ0n) is 15.1. The maximum Gasteiger partial charge on any atom is 0.209 e. The molecule has 0 amide bonds. The number of fused-ring (bicyclic) bond motifs is 1. The van der Waals surface area contributed by atoms with Crippen molar-refractivity contribution in [3.63, 3.8) is 0 Å². The highest BCUT2D eigenvalue weighted by molar-refractivity contribution is 7.73. The predicted octanol–water partition coefficient (Wildman–Crippen LogP) is 3.63. The van der Waals surface area contributed by atoms with Crippen molar-refractivity contribution in [3.8, 4) is 0 Å². The Kier molecular flexibility index (Phi) is 4.89. The zero-order chi connectivity index (χ0) is 18.1. The van der Waals surface area contributed by atoms with E-state index >= 15 is 0 Å². The molecule has 0 saturated heterocycles. The highest BCUT2D eigenvalue weighted by atomic mass is 32.1. The molecule has 0 aliphatic carbocycles. The SMILES string of the molecule is Cc1ccc(Nc2nn(C[NH+]3CCc4ccccc4C3)c(=S)s2)cc1C. The number of nitrogens with zero attached hydrogens (tertiary/aromatic N) is 2. The molecule has 1 aliphatic heterocycles. The molecule has 0 saturated carbocycles. The van der Waals surface area contributed by atoms with Crippen molar-refractivity contribution in [1.29, 1.82) is 0 Å². The van der Waals surface area contributed by atoms with Gasteiger partial charge in [0.1, 0.15) is 6.54 Å². The van der Waals surface area contributed by atoms with Crippen molar-refractivity contribution in [3.05, 3.63) is 68.7 Å². The van der Waals surface area contributed by atoms with Gasteiger partial charge in [0.05, 0.1) is 6.54 Å². The lowest BCUT2D eigenvalue weighted by Crippen LogP contribution is -3.11. The molecular formula is C20H23N4S2+. The van der Waals surface area contributed by atoms with Gasteiger partial charge in [-0.05, 0) is 54.9 Å². The Morgan fingerprint density at radius 3 is 2.77 bits per heavy atom. The lowest BCUT2D eigenvalue weighted by atomic mass is 10.0. The fourth-order valence-electron chi connectivity index (χ4n) is 3.39. The van der Waals surface area contributed by atoms with Gasteiger partial charge >= 0.3 is 0 Å². The summed E-state index contributed by atoms with van der Waals surface area (Å²) in [4.78, 5) is 1.50. The molecule has 1 atom stereocenters. The number of hydrogen-bond acceptors (Lipinski definition) is 4. The summed E-state index contributed by atoms with van der Waals surface area (Å²) in [5.41, 5.74) is 6.56. The van der Waals surface area contributed by atoms with Crippen LogP contribution in [0.2, 0.25) is 0 Å². The Morgan fingerprint density at radius 1 is 1.15 bits per heavy atom. The Labute approximate surface area is 163 Å². The average molecular weight is 384 g/mol. The van der Waals surface area contributed by atoms with Gasteiger partial charge in [0.25, 0.3) is 0 Å². The molecule has 1 unspecified atom stereocenters. The molecule has 6 heteroatoms. The third-order valence-electron chi connectivity index (χ3n) is 5.04. The summed E-state index contributed by atoms with van der Waals surface area (Å²) >= 11 is 7.08. The molecule has 26 heavy (non-hydrogen) atoms. The number of rotatable bonds is 4. The lowest BCUT2D eigenvalue weighted by molar-refractivity contribution is -0.938. The van der Waals surface area contributed by atoms with Crippen LogP contribution in [0.4, 0.5) is 10.8 Å². The van der Waals surface area contributed by atoms with Crippen LogP contribution in [0, 0.1) is 17.8 Å². The molecule has 0 radical (unpaired) electrons. The number of anilines is 2. The van der Waals surface area contributed by atoms with Crippen LogP contribution in [0.15, 0.2) is 42.5 Å². The van der Waals surface area contributed by atoms with Crippen molar-refractivity contribution in [2.24, 2.45) is 0 Å². The summed E-state index contributed by atoms with van der Waals surface area (Å²) < 4.78 is 2.79. The first kappa shape index (κ1) is 17.4. The molecule has 0 fully saturated rings. The van der Waals surface area contributed by atoms with E-state index in [2.05, 4.69) is 61.6 Å². The van der Waals surface area contributed by atoms with E-state index in [4.69, 9.17) is 17.3 Å². The predicted molar refractivity (Wildman–Crippen MR) is 110 cm³/mol. The quantitative estimate of drug-likeness (QED) is 0.675. The van der Waals surface area contributed by atoms with Crippen molar-refractivity contribution < 1.29 is 4.90 Å². The van der Waals surface area contributed by atoms with Crippen LogP contribution in [-0.2, 0) is 19.6 Å². The summed E-state index contributed by atoms with van der Waals surface area (Å²) in [7, 11) is 0. The van der Waals surface area contributed by atoms with Crippen molar-refractivity contribution >= 4 is 34.4 Å². The van der Waals surface area contributed by atoms with Crippen LogP contribution in [0.1, 0.15) is 22.3 Å². The lowest BCUT2D eigenvalue weighted by Gasteiger charge is -2.25. The van der Waals surface area contributed by atoms with E-state index in [1.165, 1.54) is 38.5 Å². The van der Waals surface area contributed by atoms with Crippen LogP contribution >= 0.6 is 23.6 Å². The minimum Gasteiger partial charge on any atom is -0.330 e. The number of quaternary nitrogens is 1. The van der Waals surface area contributed by atoms with Crippen LogP contribution in [-0.4, -0.2) is 16.3 Å². The molecule has 2 N–H and O–H groups in total. The van der Waals surface area contributed by atoms with E-state index in [9.17, 15) is 0 Å². The number of aromatic nitrogens is 2. The minimum absolute atomic E-state index is 0.818.